The van der Waals surface area contributed by atoms with Gasteiger partial charge in [0.05, 0.1) is 0 Å². The van der Waals surface area contributed by atoms with Crippen molar-refractivity contribution in [3.8, 4) is 0 Å². The van der Waals surface area contributed by atoms with Crippen molar-refractivity contribution in [2.45, 2.75) is 54.4 Å². The van der Waals surface area contributed by atoms with E-state index in [0.717, 1.165) is 30.8 Å². The third-order valence-electron chi connectivity index (χ3n) is 3.31. The van der Waals surface area contributed by atoms with Crippen LogP contribution in [0.4, 0.5) is 0 Å². The molecule has 0 aliphatic heterocycles. The van der Waals surface area contributed by atoms with Crippen LogP contribution in [0.2, 0.25) is 0 Å². The summed E-state index contributed by atoms with van der Waals surface area (Å²) in [7, 11) is 0. The third kappa shape index (κ3) is 8.96. The fourth-order valence-corrected chi connectivity index (χ4v) is 1.55. The minimum atomic E-state index is 0.782. The van der Waals surface area contributed by atoms with Gasteiger partial charge < -0.3 is 5.32 Å². The SMILES string of the molecule is CC(C)=CCCC(C)CNC[C@@H](C)C(C)C. The van der Waals surface area contributed by atoms with Gasteiger partial charge in [0.2, 0.25) is 0 Å². The Morgan fingerprint density at radius 3 is 2.19 bits per heavy atom. The molecule has 1 N–H and O–H groups in total. The maximum absolute atomic E-state index is 3.58. The highest BCUT2D eigenvalue weighted by Crippen LogP contribution is 2.09. The molecule has 96 valence electrons. The molecule has 0 rings (SSSR count). The Kier molecular flexibility index (Phi) is 8.64. The minimum absolute atomic E-state index is 0.782. The van der Waals surface area contributed by atoms with Crippen molar-refractivity contribution < 1.29 is 0 Å². The second kappa shape index (κ2) is 8.81. The van der Waals surface area contributed by atoms with E-state index in [-0.39, 0.29) is 0 Å². The van der Waals surface area contributed by atoms with Gasteiger partial charge in [-0.2, -0.15) is 0 Å². The molecule has 0 aromatic carbocycles. The van der Waals surface area contributed by atoms with Crippen LogP contribution in [0, 0.1) is 17.8 Å². The average molecular weight is 225 g/mol. The van der Waals surface area contributed by atoms with Crippen molar-refractivity contribution in [1.82, 2.24) is 5.32 Å². The fourth-order valence-electron chi connectivity index (χ4n) is 1.55. The summed E-state index contributed by atoms with van der Waals surface area (Å²) in [4.78, 5) is 0. The second-order valence-corrected chi connectivity index (χ2v) is 5.84. The highest BCUT2D eigenvalue weighted by atomic mass is 14.9. The number of hydrogen-bond donors (Lipinski definition) is 1. The molecule has 0 aromatic heterocycles. The van der Waals surface area contributed by atoms with Crippen molar-refractivity contribution in [1.29, 1.82) is 0 Å². The van der Waals surface area contributed by atoms with Crippen molar-refractivity contribution >= 4 is 0 Å². The van der Waals surface area contributed by atoms with Crippen LogP contribution in [-0.2, 0) is 0 Å². The van der Waals surface area contributed by atoms with Gasteiger partial charge in [-0.05, 0) is 57.5 Å². The van der Waals surface area contributed by atoms with Crippen LogP contribution in [0.1, 0.15) is 54.4 Å². The summed E-state index contributed by atoms with van der Waals surface area (Å²) in [5, 5.41) is 3.58. The molecule has 0 aliphatic carbocycles. The first-order valence-electron chi connectivity index (χ1n) is 6.77. The van der Waals surface area contributed by atoms with E-state index >= 15 is 0 Å². The highest BCUT2D eigenvalue weighted by molar-refractivity contribution is 4.92. The Morgan fingerprint density at radius 1 is 1.06 bits per heavy atom. The Balaban J connectivity index is 3.51. The molecule has 0 radical (unpaired) electrons. The lowest BCUT2D eigenvalue weighted by atomic mass is 9.98. The maximum Gasteiger partial charge on any atom is -0.00206 e. The first-order chi connectivity index (χ1) is 7.43. The number of hydrogen-bond acceptors (Lipinski definition) is 1. The molecule has 0 saturated heterocycles. The second-order valence-electron chi connectivity index (χ2n) is 5.84. The zero-order chi connectivity index (χ0) is 12.6. The van der Waals surface area contributed by atoms with E-state index in [2.05, 4.69) is 52.9 Å². The van der Waals surface area contributed by atoms with Crippen LogP contribution < -0.4 is 5.32 Å². The van der Waals surface area contributed by atoms with Crippen LogP contribution in [0.3, 0.4) is 0 Å². The van der Waals surface area contributed by atoms with Gasteiger partial charge in [0.25, 0.3) is 0 Å². The molecule has 0 aromatic rings. The quantitative estimate of drug-likeness (QED) is 0.609. The predicted molar refractivity (Wildman–Crippen MR) is 74.7 cm³/mol. The molecule has 2 atom stereocenters. The van der Waals surface area contributed by atoms with Crippen LogP contribution in [0.5, 0.6) is 0 Å². The molecule has 1 nitrogen and oxygen atoms in total. The zero-order valence-electron chi connectivity index (χ0n) is 12.1. The third-order valence-corrected chi connectivity index (χ3v) is 3.31. The molecular weight excluding hydrogens is 194 g/mol. The summed E-state index contributed by atoms with van der Waals surface area (Å²) >= 11 is 0. The van der Waals surface area contributed by atoms with Gasteiger partial charge in [-0.25, -0.2) is 0 Å². The van der Waals surface area contributed by atoms with Gasteiger partial charge >= 0.3 is 0 Å². The first-order valence-corrected chi connectivity index (χ1v) is 6.77. The van der Waals surface area contributed by atoms with E-state index in [1.54, 1.807) is 0 Å². The molecular formula is C15H31N. The van der Waals surface area contributed by atoms with E-state index in [4.69, 9.17) is 0 Å². The van der Waals surface area contributed by atoms with Crippen molar-refractivity contribution in [3.63, 3.8) is 0 Å². The van der Waals surface area contributed by atoms with Crippen LogP contribution >= 0.6 is 0 Å². The minimum Gasteiger partial charge on any atom is -0.316 e. The van der Waals surface area contributed by atoms with Crippen molar-refractivity contribution in [3.05, 3.63) is 11.6 Å². The Labute approximate surface area is 103 Å². The first kappa shape index (κ1) is 15.7. The molecule has 0 amide bonds. The largest absolute Gasteiger partial charge is 0.316 e. The Morgan fingerprint density at radius 2 is 1.69 bits per heavy atom. The lowest BCUT2D eigenvalue weighted by molar-refractivity contribution is 0.373. The van der Waals surface area contributed by atoms with Gasteiger partial charge in [-0.1, -0.05) is 39.3 Å². The highest BCUT2D eigenvalue weighted by Gasteiger charge is 2.07. The van der Waals surface area contributed by atoms with Crippen LogP contribution in [-0.4, -0.2) is 13.1 Å². The van der Waals surface area contributed by atoms with E-state index < -0.39 is 0 Å². The molecule has 0 heterocycles. The number of rotatable bonds is 8. The van der Waals surface area contributed by atoms with Crippen molar-refractivity contribution in [2.75, 3.05) is 13.1 Å². The predicted octanol–water partition coefficient (Wildman–Crippen LogP) is 4.25. The lowest BCUT2D eigenvalue weighted by Gasteiger charge is -2.18. The monoisotopic (exact) mass is 225 g/mol. The summed E-state index contributed by atoms with van der Waals surface area (Å²) in [6.07, 6.45) is 4.87. The molecule has 16 heavy (non-hydrogen) atoms. The molecule has 0 bridgehead atoms. The maximum atomic E-state index is 3.58. The summed E-state index contributed by atoms with van der Waals surface area (Å²) in [6.45, 7) is 15.9. The molecule has 0 spiro atoms. The average Bonchev–Trinajstić information content (AvgIpc) is 2.16. The van der Waals surface area contributed by atoms with Crippen molar-refractivity contribution in [2.24, 2.45) is 17.8 Å². The van der Waals surface area contributed by atoms with Gasteiger partial charge in [0.1, 0.15) is 0 Å². The smallest absolute Gasteiger partial charge is 0.00206 e. The molecule has 0 aliphatic rings. The summed E-state index contributed by atoms with van der Waals surface area (Å²) in [5.41, 5.74) is 1.44. The van der Waals surface area contributed by atoms with Crippen LogP contribution in [0.25, 0.3) is 0 Å². The van der Waals surface area contributed by atoms with E-state index in [1.165, 1.54) is 18.4 Å². The molecule has 1 unspecified atom stereocenters. The van der Waals surface area contributed by atoms with Gasteiger partial charge in [-0.3, -0.25) is 0 Å². The molecule has 0 fully saturated rings. The van der Waals surface area contributed by atoms with Crippen LogP contribution in [0.15, 0.2) is 11.6 Å². The molecule has 1 heteroatoms. The normalized spacial score (nSPS) is 14.9. The summed E-state index contributed by atoms with van der Waals surface area (Å²) in [6, 6.07) is 0. The fraction of sp³-hybridized carbons (Fsp3) is 0.867. The summed E-state index contributed by atoms with van der Waals surface area (Å²) in [5.74, 6) is 2.36. The lowest BCUT2D eigenvalue weighted by Crippen LogP contribution is -2.28. The molecule has 0 saturated carbocycles. The van der Waals surface area contributed by atoms with E-state index in [0.29, 0.717) is 0 Å². The topological polar surface area (TPSA) is 12.0 Å². The Hall–Kier alpha value is -0.300. The van der Waals surface area contributed by atoms with Gasteiger partial charge in [0, 0.05) is 0 Å². The summed E-state index contributed by atoms with van der Waals surface area (Å²) < 4.78 is 0. The van der Waals surface area contributed by atoms with Gasteiger partial charge in [-0.15, -0.1) is 0 Å². The number of nitrogens with one attached hydrogen (secondary N) is 1. The van der Waals surface area contributed by atoms with Gasteiger partial charge in [0.15, 0.2) is 0 Å². The Bertz CT molecular complexity index is 190. The van der Waals surface area contributed by atoms with E-state index in [9.17, 15) is 0 Å². The standard InChI is InChI=1S/C15H31N/c1-12(2)8-7-9-14(5)10-16-11-15(6)13(3)4/h8,13-16H,7,9-11H2,1-6H3/t14?,15-/m1/s1. The zero-order valence-corrected chi connectivity index (χ0v) is 12.1. The number of allylic oxidation sites excluding steroid dienone is 2. The van der Waals surface area contributed by atoms with E-state index in [1.807, 2.05) is 0 Å².